The van der Waals surface area contributed by atoms with E-state index in [1.807, 2.05) is 0 Å². The fraction of sp³-hybridized carbons (Fsp3) is 0.556. The summed E-state index contributed by atoms with van der Waals surface area (Å²) in [4.78, 5) is 12.1. The Kier molecular flexibility index (Phi) is 3.10. The summed E-state index contributed by atoms with van der Waals surface area (Å²) < 4.78 is 9.27. The summed E-state index contributed by atoms with van der Waals surface area (Å²) in [5, 5.41) is 2.83. The number of rotatable bonds is 3. The molecular formula is C9H12N2O2S. The van der Waals surface area contributed by atoms with Gasteiger partial charge < -0.3 is 10.1 Å². The van der Waals surface area contributed by atoms with Gasteiger partial charge in [-0.15, -0.1) is 0 Å². The zero-order valence-electron chi connectivity index (χ0n) is 7.73. The predicted octanol–water partition coefficient (Wildman–Crippen LogP) is 1.05. The normalized spacial score (nSPS) is 21.0. The van der Waals surface area contributed by atoms with Crippen LogP contribution in [0.1, 0.15) is 22.5 Å². The number of ether oxygens (including phenoxy) is 1. The fourth-order valence-electron chi connectivity index (χ4n) is 1.43. The summed E-state index contributed by atoms with van der Waals surface area (Å²) in [6, 6.07) is 1.72. The summed E-state index contributed by atoms with van der Waals surface area (Å²) in [6.45, 7) is 1.43. The molecule has 2 rings (SSSR count). The van der Waals surface area contributed by atoms with Crippen LogP contribution in [0.3, 0.4) is 0 Å². The molecule has 76 valence electrons. The van der Waals surface area contributed by atoms with E-state index in [0.717, 1.165) is 19.4 Å². The molecule has 0 spiro atoms. The van der Waals surface area contributed by atoms with E-state index < -0.39 is 0 Å². The molecular weight excluding hydrogens is 200 g/mol. The molecule has 2 heterocycles. The van der Waals surface area contributed by atoms with Crippen molar-refractivity contribution >= 4 is 17.4 Å². The molecule has 1 atom stereocenters. The first kappa shape index (κ1) is 9.61. The molecule has 1 N–H and O–H groups in total. The molecule has 0 radical (unpaired) electrons. The maximum atomic E-state index is 11.5. The van der Waals surface area contributed by atoms with Crippen LogP contribution in [0.4, 0.5) is 0 Å². The van der Waals surface area contributed by atoms with Crippen LogP contribution < -0.4 is 5.32 Å². The van der Waals surface area contributed by atoms with E-state index in [1.165, 1.54) is 11.5 Å². The molecule has 0 aliphatic carbocycles. The molecule has 1 aliphatic heterocycles. The SMILES string of the molecule is O=C(NCC1CCCO1)c1ccns1. The second-order valence-corrected chi connectivity index (χ2v) is 4.05. The van der Waals surface area contributed by atoms with Crippen molar-refractivity contribution in [2.24, 2.45) is 0 Å². The standard InChI is InChI=1S/C9H12N2O2S/c12-9(8-3-4-11-14-8)10-6-7-2-1-5-13-7/h3-4,7H,1-2,5-6H2,(H,10,12). The molecule has 1 aromatic heterocycles. The highest BCUT2D eigenvalue weighted by molar-refractivity contribution is 7.08. The Morgan fingerprint density at radius 2 is 2.71 bits per heavy atom. The smallest absolute Gasteiger partial charge is 0.263 e. The van der Waals surface area contributed by atoms with E-state index in [2.05, 4.69) is 9.69 Å². The zero-order valence-corrected chi connectivity index (χ0v) is 8.55. The van der Waals surface area contributed by atoms with E-state index >= 15 is 0 Å². The Morgan fingerprint density at radius 1 is 1.79 bits per heavy atom. The van der Waals surface area contributed by atoms with Gasteiger partial charge in [-0.3, -0.25) is 4.79 Å². The topological polar surface area (TPSA) is 51.2 Å². The lowest BCUT2D eigenvalue weighted by Gasteiger charge is -2.09. The van der Waals surface area contributed by atoms with Crippen LogP contribution in [0.5, 0.6) is 0 Å². The minimum atomic E-state index is -0.0528. The van der Waals surface area contributed by atoms with Gasteiger partial charge in [-0.25, -0.2) is 4.37 Å². The minimum Gasteiger partial charge on any atom is -0.376 e. The minimum absolute atomic E-state index is 0.0528. The van der Waals surface area contributed by atoms with Gasteiger partial charge in [-0.05, 0) is 30.4 Å². The largest absolute Gasteiger partial charge is 0.376 e. The predicted molar refractivity (Wildman–Crippen MR) is 53.4 cm³/mol. The molecule has 1 aromatic rings. The van der Waals surface area contributed by atoms with Gasteiger partial charge in [0.05, 0.1) is 6.10 Å². The maximum Gasteiger partial charge on any atom is 0.263 e. The number of hydrogen-bond acceptors (Lipinski definition) is 4. The van der Waals surface area contributed by atoms with Crippen LogP contribution in [0.15, 0.2) is 12.3 Å². The molecule has 4 nitrogen and oxygen atoms in total. The van der Waals surface area contributed by atoms with Gasteiger partial charge in [0.1, 0.15) is 4.88 Å². The molecule has 0 aromatic carbocycles. The zero-order chi connectivity index (χ0) is 9.80. The van der Waals surface area contributed by atoms with E-state index in [-0.39, 0.29) is 12.0 Å². The molecule has 0 saturated carbocycles. The third-order valence-electron chi connectivity index (χ3n) is 2.18. The summed E-state index contributed by atoms with van der Waals surface area (Å²) in [6.07, 6.45) is 3.97. The Hall–Kier alpha value is -0.940. The monoisotopic (exact) mass is 212 g/mol. The molecule has 1 unspecified atom stereocenters. The lowest BCUT2D eigenvalue weighted by molar-refractivity contribution is 0.0861. The number of aromatic nitrogens is 1. The molecule has 0 bridgehead atoms. The highest BCUT2D eigenvalue weighted by Gasteiger charge is 2.16. The van der Waals surface area contributed by atoms with Crippen LogP contribution in [0.25, 0.3) is 0 Å². The van der Waals surface area contributed by atoms with Crippen LogP contribution in [0.2, 0.25) is 0 Å². The average Bonchev–Trinajstić information content (AvgIpc) is 2.87. The Labute approximate surface area is 86.4 Å². The summed E-state index contributed by atoms with van der Waals surface area (Å²) in [5.74, 6) is -0.0528. The Morgan fingerprint density at radius 3 is 3.36 bits per heavy atom. The number of nitrogens with zero attached hydrogens (tertiary/aromatic N) is 1. The highest BCUT2D eigenvalue weighted by Crippen LogP contribution is 2.11. The number of hydrogen-bond donors (Lipinski definition) is 1. The van der Waals surface area contributed by atoms with Gasteiger partial charge in [-0.2, -0.15) is 0 Å². The first-order chi connectivity index (χ1) is 6.86. The van der Waals surface area contributed by atoms with Crippen molar-refractivity contribution in [2.45, 2.75) is 18.9 Å². The van der Waals surface area contributed by atoms with Crippen molar-refractivity contribution in [3.05, 3.63) is 17.1 Å². The number of carbonyl (C=O) groups excluding carboxylic acids is 1. The second-order valence-electron chi connectivity index (χ2n) is 3.22. The number of amides is 1. The number of nitrogens with one attached hydrogen (secondary N) is 1. The van der Waals surface area contributed by atoms with Crippen LogP contribution in [-0.4, -0.2) is 29.5 Å². The maximum absolute atomic E-state index is 11.5. The van der Waals surface area contributed by atoms with E-state index in [9.17, 15) is 4.79 Å². The van der Waals surface area contributed by atoms with E-state index in [1.54, 1.807) is 12.3 Å². The van der Waals surface area contributed by atoms with Crippen molar-refractivity contribution in [3.8, 4) is 0 Å². The molecule has 1 fully saturated rings. The molecule has 1 saturated heterocycles. The summed E-state index contributed by atoms with van der Waals surface area (Å²) in [5.41, 5.74) is 0. The Balaban J connectivity index is 1.78. The summed E-state index contributed by atoms with van der Waals surface area (Å²) in [7, 11) is 0. The molecule has 5 heteroatoms. The third kappa shape index (κ3) is 2.30. The third-order valence-corrected chi connectivity index (χ3v) is 2.92. The van der Waals surface area contributed by atoms with Gasteiger partial charge in [0, 0.05) is 19.3 Å². The van der Waals surface area contributed by atoms with Gasteiger partial charge in [0.25, 0.3) is 5.91 Å². The average molecular weight is 212 g/mol. The van der Waals surface area contributed by atoms with Gasteiger partial charge >= 0.3 is 0 Å². The van der Waals surface area contributed by atoms with E-state index in [4.69, 9.17) is 4.74 Å². The highest BCUT2D eigenvalue weighted by atomic mass is 32.1. The van der Waals surface area contributed by atoms with Gasteiger partial charge in [0.2, 0.25) is 0 Å². The van der Waals surface area contributed by atoms with Crippen LogP contribution in [0, 0.1) is 0 Å². The lowest BCUT2D eigenvalue weighted by atomic mass is 10.2. The molecule has 1 amide bonds. The van der Waals surface area contributed by atoms with Crippen molar-refractivity contribution in [1.29, 1.82) is 0 Å². The quantitative estimate of drug-likeness (QED) is 0.814. The van der Waals surface area contributed by atoms with Crippen molar-refractivity contribution in [2.75, 3.05) is 13.2 Å². The van der Waals surface area contributed by atoms with Crippen molar-refractivity contribution < 1.29 is 9.53 Å². The summed E-state index contributed by atoms with van der Waals surface area (Å²) >= 11 is 1.21. The van der Waals surface area contributed by atoms with Crippen molar-refractivity contribution in [1.82, 2.24) is 9.69 Å². The van der Waals surface area contributed by atoms with E-state index in [0.29, 0.717) is 11.4 Å². The number of carbonyl (C=O) groups is 1. The first-order valence-corrected chi connectivity index (χ1v) is 5.44. The van der Waals surface area contributed by atoms with Gasteiger partial charge in [0.15, 0.2) is 0 Å². The van der Waals surface area contributed by atoms with Crippen LogP contribution >= 0.6 is 11.5 Å². The fourth-order valence-corrected chi connectivity index (χ4v) is 1.94. The van der Waals surface area contributed by atoms with Crippen molar-refractivity contribution in [3.63, 3.8) is 0 Å². The van der Waals surface area contributed by atoms with Crippen LogP contribution in [-0.2, 0) is 4.74 Å². The molecule has 14 heavy (non-hydrogen) atoms. The Bertz CT molecular complexity index is 294. The lowest BCUT2D eigenvalue weighted by Crippen LogP contribution is -2.31. The second kappa shape index (κ2) is 4.52. The molecule has 1 aliphatic rings. The van der Waals surface area contributed by atoms with Gasteiger partial charge in [-0.1, -0.05) is 0 Å². The first-order valence-electron chi connectivity index (χ1n) is 4.67.